The fourth-order valence-electron chi connectivity index (χ4n) is 0.798. The van der Waals surface area contributed by atoms with Gasteiger partial charge in [-0.1, -0.05) is 27.7 Å². The number of hydrogen-bond donors (Lipinski definition) is 3. The van der Waals surface area contributed by atoms with Gasteiger partial charge in [-0.2, -0.15) is 0 Å². The molecule has 0 rings (SSSR count). The van der Waals surface area contributed by atoms with E-state index in [0.717, 1.165) is 12.8 Å². The summed E-state index contributed by atoms with van der Waals surface area (Å²) in [6, 6.07) is 0. The lowest BCUT2D eigenvalue weighted by molar-refractivity contribution is 0.155. The molecular weight excluding hydrogens is 291 g/mol. The zero-order valence-electron chi connectivity index (χ0n) is 11.9. The van der Waals surface area contributed by atoms with Gasteiger partial charge in [0.2, 0.25) is 0 Å². The first-order valence-corrected chi connectivity index (χ1v) is 8.89. The van der Waals surface area contributed by atoms with Crippen molar-refractivity contribution in [3.63, 3.8) is 0 Å². The second kappa shape index (κ2) is 11.5. The van der Waals surface area contributed by atoms with E-state index in [1.54, 1.807) is 0 Å². The van der Waals surface area contributed by atoms with Crippen LogP contribution in [0.25, 0.3) is 0 Å². The lowest BCUT2D eigenvalue weighted by Crippen LogP contribution is -2.15. The van der Waals surface area contributed by atoms with Gasteiger partial charge in [0, 0.05) is 0 Å². The molecule has 116 valence electrons. The van der Waals surface area contributed by atoms with Crippen molar-refractivity contribution in [2.24, 2.45) is 11.8 Å². The third kappa shape index (κ3) is 31.9. The van der Waals surface area contributed by atoms with Crippen LogP contribution in [0.15, 0.2) is 0 Å². The van der Waals surface area contributed by atoms with E-state index >= 15 is 0 Å². The van der Waals surface area contributed by atoms with E-state index in [1.165, 1.54) is 0 Å². The minimum atomic E-state index is -4.64. The van der Waals surface area contributed by atoms with Crippen LogP contribution in [0.3, 0.4) is 0 Å². The van der Waals surface area contributed by atoms with Crippen LogP contribution < -0.4 is 0 Å². The van der Waals surface area contributed by atoms with Crippen LogP contribution >= 0.6 is 7.82 Å². The Hall–Kier alpha value is -0.273. The molecule has 0 radical (unpaired) electrons. The van der Waals surface area contributed by atoms with Gasteiger partial charge < -0.3 is 23.5 Å². The van der Waals surface area contributed by atoms with Gasteiger partial charge in [0.05, 0.1) is 13.2 Å². The number of hydrogen-bond acceptors (Lipinski definition) is 4. The fraction of sp³-hybridized carbons (Fsp3) is 1.00. The molecule has 0 saturated heterocycles. The van der Waals surface area contributed by atoms with Gasteiger partial charge in [-0.25, -0.2) is 4.57 Å². The normalized spacial score (nSPS) is 11.0. The molecule has 19 heavy (non-hydrogen) atoms. The zero-order valence-corrected chi connectivity index (χ0v) is 13.8. The Kier molecular flexibility index (Phi) is 12.8. The van der Waals surface area contributed by atoms with E-state index in [-0.39, 0.29) is 0 Å². The van der Waals surface area contributed by atoms with Crippen LogP contribution in [-0.2, 0) is 17.9 Å². The van der Waals surface area contributed by atoms with Crippen LogP contribution in [0.4, 0.5) is 0 Å². The molecule has 3 N–H and O–H groups in total. The van der Waals surface area contributed by atoms with Crippen LogP contribution in [0.5, 0.6) is 0 Å². The molecule has 7 nitrogen and oxygen atoms in total. The second-order valence-electron chi connectivity index (χ2n) is 4.83. The predicted octanol–water partition coefficient (Wildman–Crippen LogP) is 1.60. The first-order valence-electron chi connectivity index (χ1n) is 6.10. The Morgan fingerprint density at radius 1 is 0.947 bits per heavy atom. The molecule has 0 saturated carbocycles. The maximum Gasteiger partial charge on any atom is 0.767 e. The Balaban J connectivity index is 0. The maximum atomic E-state index is 11.1. The van der Waals surface area contributed by atoms with Crippen molar-refractivity contribution in [2.45, 2.75) is 40.5 Å². The molecule has 0 heterocycles. The molecule has 0 bridgehead atoms. The molecule has 0 aliphatic carbocycles. The van der Waals surface area contributed by atoms with Gasteiger partial charge in [-0.15, -0.1) is 0 Å². The summed E-state index contributed by atoms with van der Waals surface area (Å²) < 4.78 is 30.1. The highest BCUT2D eigenvalue weighted by atomic mass is 31.2. The summed E-state index contributed by atoms with van der Waals surface area (Å²) in [4.78, 5) is 21.6. The Labute approximate surface area is 116 Å². The third-order valence-corrected chi connectivity index (χ3v) is 2.71. The van der Waals surface area contributed by atoms with Crippen molar-refractivity contribution in [3.8, 4) is 0 Å². The highest BCUT2D eigenvalue weighted by Crippen LogP contribution is 2.25. The van der Waals surface area contributed by atoms with E-state index in [2.05, 4.69) is 27.7 Å². The van der Waals surface area contributed by atoms with Crippen molar-refractivity contribution in [1.29, 1.82) is 0 Å². The van der Waals surface area contributed by atoms with Crippen LogP contribution in [0.1, 0.15) is 40.5 Å². The van der Waals surface area contributed by atoms with Crippen molar-refractivity contribution < 1.29 is 32.6 Å². The molecular formula is C10H25O7PSi. The Morgan fingerprint density at radius 3 is 1.42 bits per heavy atom. The average molecular weight is 316 g/mol. The SMILES string of the molecule is CC(C)CCO[Si](=O)OCCC(C)C.O=P(O)(O)O. The van der Waals surface area contributed by atoms with Gasteiger partial charge in [-0.3, -0.25) is 4.46 Å². The molecule has 0 spiro atoms. The second-order valence-corrected chi connectivity index (χ2v) is 6.93. The van der Waals surface area contributed by atoms with E-state index in [4.69, 9.17) is 28.1 Å². The van der Waals surface area contributed by atoms with Crippen molar-refractivity contribution >= 4 is 17.0 Å². The van der Waals surface area contributed by atoms with Gasteiger partial charge in [0.25, 0.3) is 0 Å². The van der Waals surface area contributed by atoms with Crippen molar-refractivity contribution in [1.82, 2.24) is 0 Å². The lowest BCUT2D eigenvalue weighted by Gasteiger charge is -2.08. The zero-order chi connectivity index (χ0) is 15.5. The van der Waals surface area contributed by atoms with E-state index < -0.39 is 17.0 Å². The van der Waals surface area contributed by atoms with E-state index in [0.29, 0.717) is 25.0 Å². The summed E-state index contributed by atoms with van der Waals surface area (Å²) in [6.07, 6.45) is 1.87. The molecule has 0 atom stereocenters. The van der Waals surface area contributed by atoms with Crippen LogP contribution in [0.2, 0.25) is 0 Å². The average Bonchev–Trinajstić information content (AvgIpc) is 2.13. The first kappa shape index (κ1) is 21.0. The Morgan fingerprint density at radius 2 is 1.21 bits per heavy atom. The van der Waals surface area contributed by atoms with Crippen molar-refractivity contribution in [3.05, 3.63) is 0 Å². The molecule has 0 amide bonds. The topological polar surface area (TPSA) is 113 Å². The first-order chi connectivity index (χ1) is 8.52. The fourth-order valence-corrected chi connectivity index (χ4v) is 1.45. The monoisotopic (exact) mass is 316 g/mol. The largest absolute Gasteiger partial charge is 0.767 e. The van der Waals surface area contributed by atoms with E-state index in [9.17, 15) is 4.46 Å². The van der Waals surface area contributed by atoms with Crippen LogP contribution in [-0.4, -0.2) is 37.1 Å². The predicted molar refractivity (Wildman–Crippen MR) is 71.5 cm³/mol. The van der Waals surface area contributed by atoms with Gasteiger partial charge >= 0.3 is 17.0 Å². The minimum Gasteiger partial charge on any atom is -0.496 e. The summed E-state index contributed by atoms with van der Waals surface area (Å²) in [5.41, 5.74) is 0. The van der Waals surface area contributed by atoms with E-state index in [1.807, 2.05) is 0 Å². The summed E-state index contributed by atoms with van der Waals surface area (Å²) in [7, 11) is -6.87. The summed E-state index contributed by atoms with van der Waals surface area (Å²) in [5, 5.41) is 0. The van der Waals surface area contributed by atoms with Crippen LogP contribution in [0, 0.1) is 11.8 Å². The van der Waals surface area contributed by atoms with Crippen molar-refractivity contribution in [2.75, 3.05) is 13.2 Å². The highest BCUT2D eigenvalue weighted by Gasteiger charge is 2.10. The number of phosphoric acid groups is 1. The molecule has 0 aromatic heterocycles. The Bertz CT molecular complexity index is 253. The smallest absolute Gasteiger partial charge is 0.496 e. The minimum absolute atomic E-state index is 0.539. The maximum absolute atomic E-state index is 11.1. The molecule has 0 unspecified atom stereocenters. The van der Waals surface area contributed by atoms with Gasteiger partial charge in [0.1, 0.15) is 0 Å². The molecule has 0 aliphatic rings. The standard InChI is InChI=1S/C10H22O3Si.H3O4P/c1-9(2)5-7-12-14(11)13-8-6-10(3)4;1-5(2,3)4/h9-10H,5-8H2,1-4H3;(H3,1,2,3,4). The number of rotatable bonds is 8. The molecule has 9 heteroatoms. The molecule has 0 aromatic rings. The molecule has 0 aliphatic heterocycles. The summed E-state index contributed by atoms with van der Waals surface area (Å²) >= 11 is 0. The summed E-state index contributed by atoms with van der Waals surface area (Å²) in [6.45, 7) is 9.52. The molecule has 0 fully saturated rings. The van der Waals surface area contributed by atoms with Gasteiger partial charge in [-0.05, 0) is 24.7 Å². The lowest BCUT2D eigenvalue weighted by atomic mass is 10.2. The quantitative estimate of drug-likeness (QED) is 0.460. The highest BCUT2D eigenvalue weighted by molar-refractivity contribution is 7.45. The van der Waals surface area contributed by atoms with Gasteiger partial charge in [0.15, 0.2) is 0 Å². The third-order valence-electron chi connectivity index (χ3n) is 1.83. The summed E-state index contributed by atoms with van der Waals surface area (Å²) in [5.74, 6) is 1.17. The molecule has 0 aromatic carbocycles.